The molecule has 2 rings (SSSR count). The first-order valence-corrected chi connectivity index (χ1v) is 5.09. The quantitative estimate of drug-likeness (QED) is 0.563. The second-order valence-corrected chi connectivity index (χ2v) is 3.39. The number of carbonyl (C=O) groups is 1. The maximum absolute atomic E-state index is 11.5. The van der Waals surface area contributed by atoms with E-state index in [1.54, 1.807) is 19.1 Å². The lowest BCUT2D eigenvalue weighted by Gasteiger charge is -2.02. The van der Waals surface area contributed by atoms with Crippen LogP contribution in [0.3, 0.4) is 0 Å². The van der Waals surface area contributed by atoms with Gasteiger partial charge in [-0.25, -0.2) is 4.79 Å². The van der Waals surface area contributed by atoms with Crippen molar-refractivity contribution in [1.29, 1.82) is 0 Å². The van der Waals surface area contributed by atoms with Crippen LogP contribution in [0.25, 0.3) is 5.76 Å². The third kappa shape index (κ3) is 1.73. The van der Waals surface area contributed by atoms with Crippen LogP contribution in [0.1, 0.15) is 28.4 Å². The SMILES string of the molecule is C=C=C1OCc2cc(C(=O)OCC)ccc21. The van der Waals surface area contributed by atoms with Gasteiger partial charge in [0.15, 0.2) is 5.76 Å². The molecule has 0 aromatic heterocycles. The molecule has 82 valence electrons. The number of esters is 1. The maximum Gasteiger partial charge on any atom is 0.338 e. The van der Waals surface area contributed by atoms with Gasteiger partial charge in [-0.2, -0.15) is 0 Å². The van der Waals surface area contributed by atoms with E-state index in [2.05, 4.69) is 12.3 Å². The van der Waals surface area contributed by atoms with Crippen molar-refractivity contribution in [2.24, 2.45) is 0 Å². The number of benzene rings is 1. The van der Waals surface area contributed by atoms with Crippen LogP contribution in [-0.4, -0.2) is 12.6 Å². The van der Waals surface area contributed by atoms with Gasteiger partial charge in [0.25, 0.3) is 0 Å². The minimum absolute atomic E-state index is 0.304. The Labute approximate surface area is 94.0 Å². The summed E-state index contributed by atoms with van der Waals surface area (Å²) in [5, 5.41) is 0. The monoisotopic (exact) mass is 216 g/mol. The van der Waals surface area contributed by atoms with Crippen LogP contribution in [-0.2, 0) is 16.1 Å². The topological polar surface area (TPSA) is 35.5 Å². The highest BCUT2D eigenvalue weighted by atomic mass is 16.5. The Kier molecular flexibility index (Phi) is 2.80. The highest BCUT2D eigenvalue weighted by molar-refractivity contribution is 5.90. The van der Waals surface area contributed by atoms with Crippen molar-refractivity contribution in [2.45, 2.75) is 13.5 Å². The molecule has 0 spiro atoms. The third-order valence-electron chi connectivity index (χ3n) is 2.39. The summed E-state index contributed by atoms with van der Waals surface area (Å²) in [6, 6.07) is 5.35. The Hall–Kier alpha value is -1.99. The van der Waals surface area contributed by atoms with Crippen LogP contribution in [0.4, 0.5) is 0 Å². The lowest BCUT2D eigenvalue weighted by molar-refractivity contribution is 0.0526. The zero-order valence-corrected chi connectivity index (χ0v) is 9.08. The predicted molar refractivity (Wildman–Crippen MR) is 59.7 cm³/mol. The molecular formula is C13H12O3. The molecule has 0 fully saturated rings. The molecule has 0 aliphatic carbocycles. The summed E-state index contributed by atoms with van der Waals surface area (Å²) in [5.74, 6) is 0.340. The van der Waals surface area contributed by atoms with Gasteiger partial charge in [-0.3, -0.25) is 0 Å². The Morgan fingerprint density at radius 1 is 1.62 bits per heavy atom. The van der Waals surface area contributed by atoms with Gasteiger partial charge in [0, 0.05) is 11.1 Å². The smallest absolute Gasteiger partial charge is 0.338 e. The van der Waals surface area contributed by atoms with Gasteiger partial charge < -0.3 is 9.47 Å². The molecular weight excluding hydrogens is 204 g/mol. The standard InChI is InChI=1S/C13H12O3/c1-3-12-11-6-5-9(13(14)15-4-2)7-10(11)8-16-12/h5-7H,1,4,8H2,2H3. The molecule has 16 heavy (non-hydrogen) atoms. The summed E-state index contributed by atoms with van der Waals surface area (Å²) >= 11 is 0. The van der Waals surface area contributed by atoms with Crippen LogP contribution in [0.2, 0.25) is 0 Å². The Bertz CT molecular complexity index is 482. The number of carbonyl (C=O) groups excluding carboxylic acids is 1. The number of fused-ring (bicyclic) bond motifs is 1. The second-order valence-electron chi connectivity index (χ2n) is 3.39. The highest BCUT2D eigenvalue weighted by Gasteiger charge is 2.19. The van der Waals surface area contributed by atoms with Gasteiger partial charge in [0.2, 0.25) is 0 Å². The number of hydrogen-bond donors (Lipinski definition) is 0. The fourth-order valence-electron chi connectivity index (χ4n) is 1.65. The molecule has 0 amide bonds. The first-order valence-electron chi connectivity index (χ1n) is 5.09. The van der Waals surface area contributed by atoms with E-state index in [4.69, 9.17) is 9.47 Å². The van der Waals surface area contributed by atoms with E-state index in [0.29, 0.717) is 24.5 Å². The van der Waals surface area contributed by atoms with Gasteiger partial charge in [-0.15, -0.1) is 0 Å². The summed E-state index contributed by atoms with van der Waals surface area (Å²) in [4.78, 5) is 11.5. The molecule has 0 saturated carbocycles. The van der Waals surface area contributed by atoms with E-state index in [0.717, 1.165) is 11.1 Å². The number of ether oxygens (including phenoxy) is 2. The van der Waals surface area contributed by atoms with Gasteiger partial charge >= 0.3 is 5.97 Å². The molecule has 0 N–H and O–H groups in total. The average Bonchev–Trinajstić information content (AvgIpc) is 2.71. The largest absolute Gasteiger partial charge is 0.481 e. The highest BCUT2D eigenvalue weighted by Crippen LogP contribution is 2.29. The third-order valence-corrected chi connectivity index (χ3v) is 2.39. The van der Waals surface area contributed by atoms with Gasteiger partial charge in [0.05, 0.1) is 12.2 Å². The van der Waals surface area contributed by atoms with Crippen LogP contribution < -0.4 is 0 Å². The van der Waals surface area contributed by atoms with Gasteiger partial charge in [-0.05, 0) is 25.1 Å². The summed E-state index contributed by atoms with van der Waals surface area (Å²) in [6.45, 7) is 6.17. The Morgan fingerprint density at radius 3 is 3.12 bits per heavy atom. The lowest BCUT2D eigenvalue weighted by Crippen LogP contribution is -2.05. The molecule has 0 atom stereocenters. The minimum Gasteiger partial charge on any atom is -0.481 e. The summed E-state index contributed by atoms with van der Waals surface area (Å²) in [7, 11) is 0. The van der Waals surface area contributed by atoms with E-state index in [1.165, 1.54) is 0 Å². The second kappa shape index (κ2) is 4.25. The molecule has 1 aromatic carbocycles. The fourth-order valence-corrected chi connectivity index (χ4v) is 1.65. The minimum atomic E-state index is -0.304. The van der Waals surface area contributed by atoms with Crippen LogP contribution in [0, 0.1) is 0 Å². The maximum atomic E-state index is 11.5. The molecule has 3 heteroatoms. The van der Waals surface area contributed by atoms with Gasteiger partial charge in [0.1, 0.15) is 6.61 Å². The summed E-state index contributed by atoms with van der Waals surface area (Å²) < 4.78 is 10.3. The first-order chi connectivity index (χ1) is 7.76. The first kappa shape index (κ1) is 10.5. The predicted octanol–water partition coefficient (Wildman–Crippen LogP) is 2.52. The van der Waals surface area contributed by atoms with Crippen molar-refractivity contribution in [1.82, 2.24) is 0 Å². The zero-order chi connectivity index (χ0) is 11.5. The number of hydrogen-bond acceptors (Lipinski definition) is 3. The van der Waals surface area contributed by atoms with Crippen LogP contribution in [0.15, 0.2) is 30.5 Å². The molecule has 1 heterocycles. The van der Waals surface area contributed by atoms with Crippen molar-refractivity contribution in [3.63, 3.8) is 0 Å². The lowest BCUT2D eigenvalue weighted by atomic mass is 10.1. The molecule has 1 aliphatic heterocycles. The van der Waals surface area contributed by atoms with E-state index in [9.17, 15) is 4.79 Å². The molecule has 3 nitrogen and oxygen atoms in total. The summed E-state index contributed by atoms with van der Waals surface area (Å²) in [5.41, 5.74) is 5.19. The summed E-state index contributed by atoms with van der Waals surface area (Å²) in [6.07, 6.45) is 0. The van der Waals surface area contributed by atoms with Crippen molar-refractivity contribution >= 4 is 11.7 Å². The molecule has 0 saturated heterocycles. The molecule has 0 unspecified atom stereocenters. The average molecular weight is 216 g/mol. The van der Waals surface area contributed by atoms with Crippen molar-refractivity contribution in [3.05, 3.63) is 47.2 Å². The molecule has 1 aliphatic rings. The van der Waals surface area contributed by atoms with E-state index < -0.39 is 0 Å². The van der Waals surface area contributed by atoms with Crippen molar-refractivity contribution in [3.8, 4) is 0 Å². The van der Waals surface area contributed by atoms with Crippen molar-refractivity contribution < 1.29 is 14.3 Å². The van der Waals surface area contributed by atoms with Crippen LogP contribution >= 0.6 is 0 Å². The molecule has 0 bridgehead atoms. The Morgan fingerprint density at radius 2 is 2.44 bits per heavy atom. The van der Waals surface area contributed by atoms with Crippen molar-refractivity contribution in [2.75, 3.05) is 6.61 Å². The van der Waals surface area contributed by atoms with E-state index in [-0.39, 0.29) is 5.97 Å². The Balaban J connectivity index is 2.35. The van der Waals surface area contributed by atoms with E-state index >= 15 is 0 Å². The zero-order valence-electron chi connectivity index (χ0n) is 9.08. The molecule has 1 aromatic rings. The normalized spacial score (nSPS) is 12.7. The van der Waals surface area contributed by atoms with E-state index in [1.807, 2.05) is 6.07 Å². The fraction of sp³-hybridized carbons (Fsp3) is 0.231. The van der Waals surface area contributed by atoms with Crippen LogP contribution in [0.5, 0.6) is 0 Å². The van der Waals surface area contributed by atoms with Gasteiger partial charge in [-0.1, -0.05) is 12.3 Å². The number of rotatable bonds is 2. The molecule has 0 radical (unpaired) electrons.